The summed E-state index contributed by atoms with van der Waals surface area (Å²) in [5.41, 5.74) is 2.09. The van der Waals surface area contributed by atoms with E-state index in [1.54, 1.807) is 25.3 Å². The molecule has 0 aromatic heterocycles. The number of methoxy groups -OCH3 is 1. The molecule has 0 saturated carbocycles. The normalized spacial score (nSPS) is 14.8. The molecular formula is C23H21IN2O4S. The second kappa shape index (κ2) is 10.7. The van der Waals surface area contributed by atoms with Crippen molar-refractivity contribution < 1.29 is 19.1 Å². The van der Waals surface area contributed by atoms with Crippen molar-refractivity contribution in [1.29, 1.82) is 5.26 Å². The Labute approximate surface area is 199 Å². The second-order valence-corrected chi connectivity index (χ2v) is 8.93. The molecule has 1 aliphatic rings. The van der Waals surface area contributed by atoms with Gasteiger partial charge in [0.25, 0.3) is 11.1 Å². The molecular weight excluding hydrogens is 527 g/mol. The minimum atomic E-state index is -0.258. The highest BCUT2D eigenvalue weighted by molar-refractivity contribution is 14.1. The number of benzene rings is 2. The number of thioether (sulfide) groups is 1. The largest absolute Gasteiger partial charge is 0.493 e. The molecule has 2 aromatic rings. The van der Waals surface area contributed by atoms with Gasteiger partial charge in [0.05, 0.1) is 27.2 Å². The molecule has 6 nitrogen and oxygen atoms in total. The van der Waals surface area contributed by atoms with Gasteiger partial charge >= 0.3 is 0 Å². The summed E-state index contributed by atoms with van der Waals surface area (Å²) < 4.78 is 12.3. The number of carbonyl (C=O) groups excluding carboxylic acids is 2. The molecule has 1 aliphatic heterocycles. The van der Waals surface area contributed by atoms with Crippen LogP contribution < -0.4 is 9.47 Å². The minimum absolute atomic E-state index is 0.228. The Hall–Kier alpha value is -2.51. The topological polar surface area (TPSA) is 79.6 Å². The maximum atomic E-state index is 12.6. The molecule has 0 bridgehead atoms. The molecule has 160 valence electrons. The molecule has 8 heteroatoms. The van der Waals surface area contributed by atoms with Crippen molar-refractivity contribution in [1.82, 2.24) is 4.90 Å². The highest BCUT2D eigenvalue weighted by Gasteiger charge is 2.34. The average molecular weight is 548 g/mol. The SMILES string of the molecule is CCCCN1C(=O)S/C(=C\c2cc(I)c(OCc3ccccc3C#N)c(OC)c2)C1=O. The summed E-state index contributed by atoms with van der Waals surface area (Å²) in [4.78, 5) is 26.4. The third kappa shape index (κ3) is 5.40. The van der Waals surface area contributed by atoms with E-state index in [0.717, 1.165) is 39.3 Å². The van der Waals surface area contributed by atoms with Crippen molar-refractivity contribution in [2.24, 2.45) is 0 Å². The van der Waals surface area contributed by atoms with Crippen molar-refractivity contribution in [3.63, 3.8) is 0 Å². The molecule has 0 atom stereocenters. The number of carbonyl (C=O) groups is 2. The number of unbranched alkanes of at least 4 members (excludes halogenated alkanes) is 1. The fourth-order valence-corrected chi connectivity index (χ4v) is 4.67. The summed E-state index contributed by atoms with van der Waals surface area (Å²) >= 11 is 3.10. The van der Waals surface area contributed by atoms with Gasteiger partial charge in [-0.2, -0.15) is 5.26 Å². The van der Waals surface area contributed by atoms with Gasteiger partial charge in [-0.25, -0.2) is 0 Å². The van der Waals surface area contributed by atoms with Crippen LogP contribution in [0.5, 0.6) is 11.5 Å². The second-order valence-electron chi connectivity index (χ2n) is 6.78. The van der Waals surface area contributed by atoms with E-state index in [0.29, 0.717) is 28.5 Å². The van der Waals surface area contributed by atoms with Crippen LogP contribution in [0.4, 0.5) is 4.79 Å². The van der Waals surface area contributed by atoms with Crippen LogP contribution in [0, 0.1) is 14.9 Å². The monoisotopic (exact) mass is 548 g/mol. The number of nitrogens with zero attached hydrogens (tertiary/aromatic N) is 2. The molecule has 2 aromatic carbocycles. The molecule has 31 heavy (non-hydrogen) atoms. The molecule has 2 amide bonds. The third-order valence-electron chi connectivity index (χ3n) is 4.67. The summed E-state index contributed by atoms with van der Waals surface area (Å²) in [6.07, 6.45) is 3.41. The maximum Gasteiger partial charge on any atom is 0.293 e. The molecule has 0 aliphatic carbocycles. The zero-order chi connectivity index (χ0) is 22.4. The van der Waals surface area contributed by atoms with E-state index in [1.165, 1.54) is 4.90 Å². The van der Waals surface area contributed by atoms with E-state index in [9.17, 15) is 14.9 Å². The number of hydrogen-bond donors (Lipinski definition) is 0. The summed E-state index contributed by atoms with van der Waals surface area (Å²) in [5, 5.41) is 9.02. The fraction of sp³-hybridized carbons (Fsp3) is 0.261. The zero-order valence-corrected chi connectivity index (χ0v) is 20.2. The Balaban J connectivity index is 1.83. The number of amides is 2. The molecule has 0 unspecified atom stereocenters. The smallest absolute Gasteiger partial charge is 0.293 e. The number of ether oxygens (including phenoxy) is 2. The minimum Gasteiger partial charge on any atom is -0.493 e. The Bertz CT molecular complexity index is 1080. The van der Waals surface area contributed by atoms with Crippen LogP contribution in [0.2, 0.25) is 0 Å². The van der Waals surface area contributed by atoms with Crippen molar-refractivity contribution in [3.8, 4) is 17.6 Å². The van der Waals surface area contributed by atoms with Gasteiger partial charge in [-0.15, -0.1) is 0 Å². The van der Waals surface area contributed by atoms with Gasteiger partial charge < -0.3 is 9.47 Å². The molecule has 1 heterocycles. The molecule has 0 radical (unpaired) electrons. The molecule has 0 N–H and O–H groups in total. The lowest BCUT2D eigenvalue weighted by molar-refractivity contribution is -0.122. The van der Waals surface area contributed by atoms with Crippen molar-refractivity contribution in [2.45, 2.75) is 26.4 Å². The average Bonchev–Trinajstić information content (AvgIpc) is 3.03. The Morgan fingerprint density at radius 3 is 2.74 bits per heavy atom. The maximum absolute atomic E-state index is 12.6. The third-order valence-corrected chi connectivity index (χ3v) is 6.38. The van der Waals surface area contributed by atoms with Gasteiger partial charge in [0, 0.05) is 12.1 Å². The van der Waals surface area contributed by atoms with E-state index < -0.39 is 0 Å². The van der Waals surface area contributed by atoms with Crippen LogP contribution >= 0.6 is 34.4 Å². The summed E-state index contributed by atoms with van der Waals surface area (Å²) in [7, 11) is 1.55. The fourth-order valence-electron chi connectivity index (χ4n) is 3.03. The van der Waals surface area contributed by atoms with Gasteiger partial charge in [-0.3, -0.25) is 14.5 Å². The van der Waals surface area contributed by atoms with Crippen molar-refractivity contribution in [2.75, 3.05) is 13.7 Å². The molecule has 0 spiro atoms. The number of imide groups is 1. The first kappa shape index (κ1) is 23.2. The summed E-state index contributed by atoms with van der Waals surface area (Å²) in [5.74, 6) is 0.813. The van der Waals surface area contributed by atoms with E-state index in [4.69, 9.17) is 9.47 Å². The van der Waals surface area contributed by atoms with Crippen LogP contribution in [-0.4, -0.2) is 29.7 Å². The predicted octanol–water partition coefficient (Wildman–Crippen LogP) is 5.59. The van der Waals surface area contributed by atoms with Gasteiger partial charge in [-0.05, 0) is 70.6 Å². The van der Waals surface area contributed by atoms with Crippen LogP contribution in [0.15, 0.2) is 41.3 Å². The van der Waals surface area contributed by atoms with Gasteiger partial charge in [0.15, 0.2) is 11.5 Å². The van der Waals surface area contributed by atoms with Gasteiger partial charge in [-0.1, -0.05) is 31.5 Å². The van der Waals surface area contributed by atoms with Gasteiger partial charge in [0.1, 0.15) is 6.61 Å². The highest BCUT2D eigenvalue weighted by atomic mass is 127. The van der Waals surface area contributed by atoms with E-state index in [1.807, 2.05) is 31.2 Å². The number of hydrogen-bond acceptors (Lipinski definition) is 6. The number of rotatable bonds is 8. The lowest BCUT2D eigenvalue weighted by Gasteiger charge is -2.14. The van der Waals surface area contributed by atoms with Crippen LogP contribution in [0.25, 0.3) is 6.08 Å². The number of halogens is 1. The number of nitriles is 1. The summed E-state index contributed by atoms with van der Waals surface area (Å²) in [6.45, 7) is 2.69. The lowest BCUT2D eigenvalue weighted by atomic mass is 10.1. The first-order valence-corrected chi connectivity index (χ1v) is 11.6. The Kier molecular flexibility index (Phi) is 7.98. The Morgan fingerprint density at radius 2 is 2.03 bits per heavy atom. The van der Waals surface area contributed by atoms with E-state index >= 15 is 0 Å². The van der Waals surface area contributed by atoms with Crippen LogP contribution in [-0.2, 0) is 11.4 Å². The predicted molar refractivity (Wildman–Crippen MR) is 129 cm³/mol. The van der Waals surface area contributed by atoms with Crippen LogP contribution in [0.1, 0.15) is 36.5 Å². The molecule has 1 saturated heterocycles. The molecule has 3 rings (SSSR count). The lowest BCUT2D eigenvalue weighted by Crippen LogP contribution is -2.29. The first-order valence-electron chi connectivity index (χ1n) is 9.72. The Morgan fingerprint density at radius 1 is 1.26 bits per heavy atom. The standard InChI is InChI=1S/C23H21IN2O4S/c1-3-4-9-26-22(27)20(31-23(26)28)12-15-10-18(24)21(19(11-15)29-2)30-14-17-8-6-5-7-16(17)13-25/h5-8,10-12H,3-4,9,14H2,1-2H3/b20-12-. The first-order chi connectivity index (χ1) is 15.0. The molecule has 1 fully saturated rings. The van der Waals surface area contributed by atoms with E-state index in [2.05, 4.69) is 28.7 Å². The van der Waals surface area contributed by atoms with Crippen molar-refractivity contribution >= 4 is 51.6 Å². The van der Waals surface area contributed by atoms with E-state index in [-0.39, 0.29) is 17.8 Å². The van der Waals surface area contributed by atoms with Gasteiger partial charge in [0.2, 0.25) is 0 Å². The highest BCUT2D eigenvalue weighted by Crippen LogP contribution is 2.37. The summed E-state index contributed by atoms with van der Waals surface area (Å²) in [6, 6.07) is 13.1. The van der Waals surface area contributed by atoms with Crippen molar-refractivity contribution in [3.05, 3.63) is 61.6 Å². The quantitative estimate of drug-likeness (QED) is 0.316. The zero-order valence-electron chi connectivity index (χ0n) is 17.2. The van der Waals surface area contributed by atoms with Crippen LogP contribution in [0.3, 0.4) is 0 Å².